The van der Waals surface area contributed by atoms with Crippen molar-refractivity contribution in [2.24, 2.45) is 0 Å². The van der Waals surface area contributed by atoms with Crippen LogP contribution in [-0.2, 0) is 0 Å². The highest BCUT2D eigenvalue weighted by molar-refractivity contribution is 6.00. The number of alkyl halides is 1. The minimum absolute atomic E-state index is 0.153. The molecule has 0 saturated carbocycles. The van der Waals surface area contributed by atoms with E-state index in [1.165, 1.54) is 39.5 Å². The number of ether oxygens (including phenoxy) is 1. The Bertz CT molecular complexity index is 1440. The van der Waals surface area contributed by atoms with Gasteiger partial charge < -0.3 is 20.5 Å². The number of aliphatic hydroxyl groups is 1. The number of anilines is 2. The maximum atomic E-state index is 14.2. The number of nitrogens with zero attached hydrogens (tertiary/aromatic N) is 5. The lowest BCUT2D eigenvalue weighted by molar-refractivity contribution is -0.00177. The highest BCUT2D eigenvalue weighted by Gasteiger charge is 2.27. The first-order valence-corrected chi connectivity index (χ1v) is 11.0. The maximum absolute atomic E-state index is 14.2. The van der Waals surface area contributed by atoms with Crippen molar-refractivity contribution in [3.8, 4) is 23.2 Å². The fourth-order valence-electron chi connectivity index (χ4n) is 3.37. The SMILES string of the molecule is COc1ccc(Nc2cc(-c3ccc4cc(C#N)cnn34)ncc2C(=O)NC[C@@H](F)C(C)(C)O)nc1. The first-order valence-electron chi connectivity index (χ1n) is 11.0. The molecule has 0 aliphatic heterocycles. The number of aromatic nitrogens is 4. The average Bonchev–Trinajstić information content (AvgIpc) is 3.30. The molecule has 0 unspecified atom stereocenters. The lowest BCUT2D eigenvalue weighted by atomic mass is 10.0. The Balaban J connectivity index is 1.70. The number of carbonyl (C=O) groups excluding carboxylic acids is 1. The molecule has 0 bridgehead atoms. The van der Waals surface area contributed by atoms with E-state index in [2.05, 4.69) is 31.8 Å². The van der Waals surface area contributed by atoms with Crippen LogP contribution in [0.3, 0.4) is 0 Å². The van der Waals surface area contributed by atoms with Crippen LogP contribution in [0.1, 0.15) is 29.8 Å². The third-order valence-electron chi connectivity index (χ3n) is 5.48. The summed E-state index contributed by atoms with van der Waals surface area (Å²) in [6.45, 7) is 2.29. The van der Waals surface area contributed by atoms with Crippen LogP contribution in [-0.4, -0.2) is 56.0 Å². The van der Waals surface area contributed by atoms with Crippen molar-refractivity contribution in [2.75, 3.05) is 19.0 Å². The van der Waals surface area contributed by atoms with Crippen molar-refractivity contribution in [1.82, 2.24) is 24.9 Å². The zero-order valence-electron chi connectivity index (χ0n) is 19.9. The van der Waals surface area contributed by atoms with Crippen molar-refractivity contribution < 1.29 is 19.0 Å². The maximum Gasteiger partial charge on any atom is 0.255 e. The molecular formula is C25H24FN7O3. The summed E-state index contributed by atoms with van der Waals surface area (Å²) in [5.41, 5.74) is 1.20. The second-order valence-electron chi connectivity index (χ2n) is 8.57. The van der Waals surface area contributed by atoms with Crippen LogP contribution in [0.4, 0.5) is 15.9 Å². The lowest BCUT2D eigenvalue weighted by Gasteiger charge is -2.22. The number of rotatable bonds is 8. The zero-order valence-corrected chi connectivity index (χ0v) is 19.9. The molecule has 4 aromatic rings. The Hall–Kier alpha value is -4.56. The van der Waals surface area contributed by atoms with Crippen LogP contribution < -0.4 is 15.4 Å². The topological polar surface area (TPSA) is 137 Å². The third kappa shape index (κ3) is 5.24. The van der Waals surface area contributed by atoms with Gasteiger partial charge in [0.05, 0.1) is 65.4 Å². The molecule has 0 saturated heterocycles. The molecule has 4 heterocycles. The number of hydrogen-bond donors (Lipinski definition) is 3. The highest BCUT2D eigenvalue weighted by Crippen LogP contribution is 2.27. The number of amides is 1. The Morgan fingerprint density at radius 3 is 2.69 bits per heavy atom. The molecule has 0 aliphatic carbocycles. The third-order valence-corrected chi connectivity index (χ3v) is 5.48. The molecular weight excluding hydrogens is 465 g/mol. The summed E-state index contributed by atoms with van der Waals surface area (Å²) >= 11 is 0. The van der Waals surface area contributed by atoms with E-state index in [4.69, 9.17) is 10.00 Å². The molecule has 0 fully saturated rings. The fourth-order valence-corrected chi connectivity index (χ4v) is 3.37. The molecule has 11 heteroatoms. The molecule has 0 aromatic carbocycles. The summed E-state index contributed by atoms with van der Waals surface area (Å²) < 4.78 is 21.0. The number of hydrogen-bond acceptors (Lipinski definition) is 8. The first-order chi connectivity index (χ1) is 17.2. The van der Waals surface area contributed by atoms with E-state index in [1.807, 2.05) is 6.07 Å². The summed E-state index contributed by atoms with van der Waals surface area (Å²) in [6, 6.07) is 12.4. The zero-order chi connectivity index (χ0) is 25.9. The number of pyridine rings is 2. The number of fused-ring (bicyclic) bond motifs is 1. The second kappa shape index (κ2) is 9.97. The summed E-state index contributed by atoms with van der Waals surface area (Å²) in [4.78, 5) is 21.7. The van der Waals surface area contributed by atoms with Gasteiger partial charge in [-0.25, -0.2) is 13.9 Å². The summed E-state index contributed by atoms with van der Waals surface area (Å²) in [7, 11) is 1.53. The Kier molecular flexibility index (Phi) is 6.80. The molecule has 3 N–H and O–H groups in total. The van der Waals surface area contributed by atoms with Gasteiger partial charge in [-0.05, 0) is 50.2 Å². The van der Waals surface area contributed by atoms with Gasteiger partial charge in [0.15, 0.2) is 0 Å². The van der Waals surface area contributed by atoms with E-state index in [0.717, 1.165) is 0 Å². The van der Waals surface area contributed by atoms with E-state index in [1.54, 1.807) is 34.8 Å². The summed E-state index contributed by atoms with van der Waals surface area (Å²) in [5.74, 6) is 0.435. The van der Waals surface area contributed by atoms with E-state index >= 15 is 0 Å². The van der Waals surface area contributed by atoms with Gasteiger partial charge in [0.1, 0.15) is 23.8 Å². The predicted molar refractivity (Wildman–Crippen MR) is 131 cm³/mol. The smallest absolute Gasteiger partial charge is 0.255 e. The van der Waals surface area contributed by atoms with Crippen molar-refractivity contribution in [1.29, 1.82) is 5.26 Å². The van der Waals surface area contributed by atoms with Gasteiger partial charge in [-0.15, -0.1) is 0 Å². The Morgan fingerprint density at radius 2 is 2.03 bits per heavy atom. The lowest BCUT2D eigenvalue weighted by Crippen LogP contribution is -2.42. The molecule has 1 amide bonds. The van der Waals surface area contributed by atoms with Crippen LogP contribution in [0.5, 0.6) is 5.75 Å². The summed E-state index contributed by atoms with van der Waals surface area (Å²) in [6.07, 6.45) is 2.69. The van der Waals surface area contributed by atoms with Crippen molar-refractivity contribution in [2.45, 2.75) is 25.6 Å². The van der Waals surface area contributed by atoms with E-state index < -0.39 is 17.7 Å². The van der Waals surface area contributed by atoms with E-state index in [9.17, 15) is 14.3 Å². The number of nitriles is 1. The molecule has 0 spiro atoms. The van der Waals surface area contributed by atoms with Gasteiger partial charge in [-0.3, -0.25) is 9.78 Å². The second-order valence-corrected chi connectivity index (χ2v) is 8.57. The predicted octanol–water partition coefficient (Wildman–Crippen LogP) is 3.25. The van der Waals surface area contributed by atoms with Crippen LogP contribution in [0, 0.1) is 11.3 Å². The Labute approximate surface area is 206 Å². The van der Waals surface area contributed by atoms with E-state index in [-0.39, 0.29) is 12.1 Å². The van der Waals surface area contributed by atoms with Gasteiger partial charge >= 0.3 is 0 Å². The normalized spacial score (nSPS) is 12.1. The van der Waals surface area contributed by atoms with Crippen LogP contribution in [0.15, 0.2) is 55.0 Å². The number of nitrogens with one attached hydrogen (secondary N) is 2. The van der Waals surface area contributed by atoms with E-state index in [0.29, 0.717) is 39.7 Å². The average molecular weight is 490 g/mol. The molecule has 0 aliphatic rings. The van der Waals surface area contributed by atoms with Gasteiger partial charge in [0.2, 0.25) is 0 Å². The largest absolute Gasteiger partial charge is 0.495 e. The number of methoxy groups -OCH3 is 1. The van der Waals surface area contributed by atoms with Crippen LogP contribution >= 0.6 is 0 Å². The van der Waals surface area contributed by atoms with Crippen LogP contribution in [0.25, 0.3) is 16.9 Å². The number of halogens is 1. The van der Waals surface area contributed by atoms with Crippen molar-refractivity contribution in [3.63, 3.8) is 0 Å². The molecule has 4 rings (SSSR count). The minimum Gasteiger partial charge on any atom is -0.495 e. The van der Waals surface area contributed by atoms with Crippen molar-refractivity contribution in [3.05, 3.63) is 66.1 Å². The van der Waals surface area contributed by atoms with Gasteiger partial charge in [-0.1, -0.05) is 0 Å². The Morgan fingerprint density at radius 1 is 1.22 bits per heavy atom. The molecule has 10 nitrogen and oxygen atoms in total. The standard InChI is InChI=1S/C25H24FN7O3/c1-25(2,35)22(26)14-30-24(34)18-13-28-20(9-19(18)32-23-7-5-17(36-3)12-29-23)21-6-4-16-8-15(10-27)11-31-33(16)21/h4-9,11-13,22,35H,14H2,1-3H3,(H,30,34)(H,28,29,32)/t22-/m1/s1. The molecule has 36 heavy (non-hydrogen) atoms. The molecule has 184 valence electrons. The number of carbonyl (C=O) groups is 1. The highest BCUT2D eigenvalue weighted by atomic mass is 19.1. The van der Waals surface area contributed by atoms with Gasteiger partial charge in [0, 0.05) is 6.20 Å². The molecule has 1 atom stereocenters. The minimum atomic E-state index is -1.66. The quantitative estimate of drug-likeness (QED) is 0.343. The molecule has 4 aromatic heterocycles. The summed E-state index contributed by atoms with van der Waals surface area (Å²) in [5, 5.41) is 28.9. The first kappa shape index (κ1) is 24.6. The molecule has 0 radical (unpaired) electrons. The fraction of sp³-hybridized carbons (Fsp3) is 0.240. The van der Waals surface area contributed by atoms with Crippen molar-refractivity contribution >= 4 is 22.9 Å². The monoisotopic (exact) mass is 489 g/mol. The van der Waals surface area contributed by atoms with Gasteiger partial charge in [-0.2, -0.15) is 10.4 Å². The van der Waals surface area contributed by atoms with Crippen LogP contribution in [0.2, 0.25) is 0 Å². The van der Waals surface area contributed by atoms with Gasteiger partial charge in [0.25, 0.3) is 5.91 Å².